The summed E-state index contributed by atoms with van der Waals surface area (Å²) in [6, 6.07) is 13.4. The van der Waals surface area contributed by atoms with E-state index >= 15 is 0 Å². The Balaban J connectivity index is 1.45. The van der Waals surface area contributed by atoms with Crippen LogP contribution < -0.4 is 0 Å². The molecule has 0 atom stereocenters. The molecule has 0 aliphatic heterocycles. The summed E-state index contributed by atoms with van der Waals surface area (Å²) in [6.45, 7) is 4.56. The summed E-state index contributed by atoms with van der Waals surface area (Å²) in [5.74, 6) is 0. The Bertz CT molecular complexity index is 1540. The highest BCUT2D eigenvalue weighted by atomic mass is 32.1. The molecule has 0 unspecified atom stereocenters. The van der Waals surface area contributed by atoms with E-state index in [0.29, 0.717) is 0 Å². The van der Waals surface area contributed by atoms with E-state index in [2.05, 4.69) is 71.8 Å². The summed E-state index contributed by atoms with van der Waals surface area (Å²) in [6.07, 6.45) is 12.7. The van der Waals surface area contributed by atoms with Crippen LogP contribution in [-0.2, 0) is 12.8 Å². The minimum Gasteiger partial charge on any atom is -0.241 e. The van der Waals surface area contributed by atoms with Crippen molar-refractivity contribution in [2.45, 2.75) is 78.1 Å². The zero-order valence-corrected chi connectivity index (χ0v) is 27.9. The normalized spacial score (nSPS) is 11.7. The van der Waals surface area contributed by atoms with Gasteiger partial charge in [0.05, 0.1) is 19.5 Å². The Kier molecular flexibility index (Phi) is 9.79. The summed E-state index contributed by atoms with van der Waals surface area (Å²) < 4.78 is 0. The molecule has 0 fully saturated rings. The van der Waals surface area contributed by atoms with Gasteiger partial charge in [0.1, 0.15) is 22.4 Å². The molecule has 6 rings (SSSR count). The third-order valence-corrected chi connectivity index (χ3v) is 12.7. The quantitative estimate of drug-likeness (QED) is 0.112. The summed E-state index contributed by atoms with van der Waals surface area (Å²) in [4.78, 5) is 18.4. The smallest absolute Gasteiger partial charge is 0.110 e. The molecule has 0 aliphatic rings. The van der Waals surface area contributed by atoms with Crippen molar-refractivity contribution in [1.82, 2.24) is 9.97 Å². The van der Waals surface area contributed by atoms with E-state index in [1.54, 1.807) is 22.7 Å². The number of aryl methyl sites for hydroxylation is 2. The molecule has 0 N–H and O–H groups in total. The van der Waals surface area contributed by atoms with E-state index in [9.17, 15) is 0 Å². The van der Waals surface area contributed by atoms with Gasteiger partial charge in [0.15, 0.2) is 0 Å². The highest BCUT2D eigenvalue weighted by Crippen LogP contribution is 2.48. The molecule has 2 nitrogen and oxygen atoms in total. The van der Waals surface area contributed by atoms with E-state index in [-0.39, 0.29) is 0 Å². The minimum absolute atomic E-state index is 1.000. The van der Waals surface area contributed by atoms with Crippen molar-refractivity contribution in [2.75, 3.05) is 0 Å². The maximum absolute atomic E-state index is 5.45. The maximum Gasteiger partial charge on any atom is 0.110 e. The predicted molar refractivity (Wildman–Crippen MR) is 186 cm³/mol. The van der Waals surface area contributed by atoms with Crippen LogP contribution in [0.25, 0.3) is 51.7 Å². The van der Waals surface area contributed by atoms with Crippen molar-refractivity contribution in [3.05, 3.63) is 69.0 Å². The first-order valence-corrected chi connectivity index (χ1v) is 19.2. The molecule has 6 aromatic rings. The van der Waals surface area contributed by atoms with E-state index in [4.69, 9.17) is 9.97 Å². The van der Waals surface area contributed by atoms with Crippen molar-refractivity contribution >= 4 is 67.7 Å². The number of hydrogen-bond acceptors (Lipinski definition) is 7. The fourth-order valence-corrected chi connectivity index (χ4v) is 9.96. The average molecular weight is 633 g/mol. The fourth-order valence-electron chi connectivity index (χ4n) is 5.22. The maximum atomic E-state index is 5.45. The largest absolute Gasteiger partial charge is 0.241 e. The van der Waals surface area contributed by atoms with Gasteiger partial charge >= 0.3 is 0 Å². The summed E-state index contributed by atoms with van der Waals surface area (Å²) in [5, 5.41) is 8.99. The molecule has 0 saturated carbocycles. The lowest BCUT2D eigenvalue weighted by molar-refractivity contribution is 0.667. The number of rotatable bonds is 14. The number of fused-ring (bicyclic) bond motifs is 1. The molecule has 0 bridgehead atoms. The SMILES string of the molecule is CCCCCCc1csc(-c2sc(-c3cc(CCCCCC)cs3)c3nc(-c4cccs4)c(-c4cccs4)nc23)c1. The Morgan fingerprint density at radius 3 is 1.46 bits per heavy atom. The van der Waals surface area contributed by atoms with E-state index < -0.39 is 0 Å². The van der Waals surface area contributed by atoms with Gasteiger partial charge in [-0.3, -0.25) is 0 Å². The third-order valence-electron chi connectivity index (χ3n) is 7.43. The molecule has 0 spiro atoms. The zero-order valence-electron chi connectivity index (χ0n) is 23.8. The second-order valence-electron chi connectivity index (χ2n) is 10.6. The molecular formula is C34H36N2S5. The molecule has 0 aliphatic carbocycles. The van der Waals surface area contributed by atoms with Crippen LogP contribution in [0.4, 0.5) is 0 Å². The van der Waals surface area contributed by atoms with Crippen molar-refractivity contribution < 1.29 is 0 Å². The van der Waals surface area contributed by atoms with Crippen molar-refractivity contribution in [1.29, 1.82) is 0 Å². The molecule has 212 valence electrons. The molecule has 0 aromatic carbocycles. The molecule has 6 heterocycles. The molecule has 41 heavy (non-hydrogen) atoms. The van der Waals surface area contributed by atoms with Gasteiger partial charge < -0.3 is 0 Å². The predicted octanol–water partition coefficient (Wildman–Crippen LogP) is 12.9. The molecular weight excluding hydrogens is 597 g/mol. The van der Waals surface area contributed by atoms with Crippen LogP contribution in [0, 0.1) is 0 Å². The lowest BCUT2D eigenvalue weighted by Crippen LogP contribution is -1.92. The van der Waals surface area contributed by atoms with Gasteiger partial charge in [0.25, 0.3) is 0 Å². The van der Waals surface area contributed by atoms with E-state index in [0.717, 1.165) is 35.3 Å². The number of unbranched alkanes of at least 4 members (excludes halogenated alkanes) is 6. The monoisotopic (exact) mass is 632 g/mol. The van der Waals surface area contributed by atoms with Crippen LogP contribution in [0.1, 0.15) is 76.3 Å². The van der Waals surface area contributed by atoms with Gasteiger partial charge in [-0.05, 0) is 82.6 Å². The number of hydrogen-bond donors (Lipinski definition) is 0. The summed E-state index contributed by atoms with van der Waals surface area (Å²) >= 11 is 9.10. The standard InChI is InChI=1S/C34H36N2S5/c1-3-5-7-9-13-23-19-27(39-21-23)33-31-32(34(41-33)28-20-24(22-40-28)14-10-8-6-4-2)36-30(26-16-12-18-38-26)29(35-31)25-15-11-17-37-25/h11-12,15-22H,3-10,13-14H2,1-2H3. The van der Waals surface area contributed by atoms with Crippen molar-refractivity contribution in [3.63, 3.8) is 0 Å². The van der Waals surface area contributed by atoms with Gasteiger partial charge in [0, 0.05) is 9.75 Å². The highest BCUT2D eigenvalue weighted by molar-refractivity contribution is 7.27. The van der Waals surface area contributed by atoms with Crippen LogP contribution in [0.15, 0.2) is 57.9 Å². The van der Waals surface area contributed by atoms with E-state index in [1.807, 2.05) is 34.0 Å². The van der Waals surface area contributed by atoms with Crippen LogP contribution >= 0.6 is 56.7 Å². The van der Waals surface area contributed by atoms with Crippen molar-refractivity contribution in [3.8, 4) is 40.7 Å². The second kappa shape index (κ2) is 13.9. The first kappa shape index (κ1) is 28.9. The minimum atomic E-state index is 1.000. The van der Waals surface area contributed by atoms with Crippen LogP contribution in [0.5, 0.6) is 0 Å². The van der Waals surface area contributed by atoms with Gasteiger partial charge in [-0.25, -0.2) is 9.97 Å². The Morgan fingerprint density at radius 2 is 1.05 bits per heavy atom. The molecule has 6 aromatic heterocycles. The van der Waals surface area contributed by atoms with Gasteiger partial charge in [0.2, 0.25) is 0 Å². The van der Waals surface area contributed by atoms with Crippen molar-refractivity contribution in [2.24, 2.45) is 0 Å². The van der Waals surface area contributed by atoms with Crippen LogP contribution in [0.3, 0.4) is 0 Å². The average Bonchev–Trinajstić information content (AvgIpc) is 3.83. The second-order valence-corrected chi connectivity index (χ2v) is 15.3. The van der Waals surface area contributed by atoms with E-state index in [1.165, 1.54) is 91.8 Å². The van der Waals surface area contributed by atoms with Gasteiger partial charge in [-0.2, -0.15) is 0 Å². The first-order valence-electron chi connectivity index (χ1n) is 14.8. The topological polar surface area (TPSA) is 25.8 Å². The molecule has 0 saturated heterocycles. The zero-order chi connectivity index (χ0) is 28.0. The summed E-state index contributed by atoms with van der Waals surface area (Å²) in [5.41, 5.74) is 7.00. The lowest BCUT2D eigenvalue weighted by Gasteiger charge is -2.07. The highest BCUT2D eigenvalue weighted by Gasteiger charge is 2.24. The Morgan fingerprint density at radius 1 is 0.561 bits per heavy atom. The lowest BCUT2D eigenvalue weighted by atomic mass is 10.1. The Labute approximate surface area is 263 Å². The van der Waals surface area contributed by atoms with Crippen LogP contribution in [0.2, 0.25) is 0 Å². The number of aromatic nitrogens is 2. The Hall–Kier alpha value is -2.16. The number of thiophene rings is 5. The van der Waals surface area contributed by atoms with Crippen LogP contribution in [-0.4, -0.2) is 9.97 Å². The van der Waals surface area contributed by atoms with Gasteiger partial charge in [-0.15, -0.1) is 56.7 Å². The summed E-state index contributed by atoms with van der Waals surface area (Å²) in [7, 11) is 0. The fraction of sp³-hybridized carbons (Fsp3) is 0.353. The molecule has 0 radical (unpaired) electrons. The van der Waals surface area contributed by atoms with Gasteiger partial charge in [-0.1, -0.05) is 64.5 Å². The number of nitrogens with zero attached hydrogens (tertiary/aromatic N) is 2. The molecule has 7 heteroatoms. The third kappa shape index (κ3) is 6.60. The molecule has 0 amide bonds. The first-order chi connectivity index (χ1) is 20.2.